The maximum Gasteiger partial charge on any atom is 0.233 e. The van der Waals surface area contributed by atoms with Crippen molar-refractivity contribution in [3.63, 3.8) is 0 Å². The van der Waals surface area contributed by atoms with Crippen LogP contribution in [0.1, 0.15) is 30.0 Å². The summed E-state index contributed by atoms with van der Waals surface area (Å²) in [7, 11) is 0. The van der Waals surface area contributed by atoms with Gasteiger partial charge in [-0.2, -0.15) is 0 Å². The van der Waals surface area contributed by atoms with Gasteiger partial charge in [-0.3, -0.25) is 4.79 Å². The predicted molar refractivity (Wildman–Crippen MR) is 72.6 cm³/mol. The van der Waals surface area contributed by atoms with Crippen molar-refractivity contribution >= 4 is 5.91 Å². The van der Waals surface area contributed by atoms with Crippen molar-refractivity contribution in [2.45, 2.75) is 33.7 Å². The van der Waals surface area contributed by atoms with Crippen LogP contribution in [0.5, 0.6) is 5.75 Å². The first kappa shape index (κ1) is 14.5. The van der Waals surface area contributed by atoms with Gasteiger partial charge in [-0.25, -0.2) is 0 Å². The number of hydrogen-bond donors (Lipinski definition) is 3. The number of phenolic OH excluding ortho intramolecular Hbond substituents is 1. The maximum atomic E-state index is 11.4. The van der Waals surface area contributed by atoms with Gasteiger partial charge in [0, 0.05) is 13.1 Å². The minimum absolute atomic E-state index is 0.0177. The van der Waals surface area contributed by atoms with Gasteiger partial charge in [0.1, 0.15) is 5.75 Å². The third-order valence-corrected chi connectivity index (χ3v) is 2.74. The molecule has 0 saturated carbocycles. The molecule has 0 aromatic heterocycles. The fraction of sp³-hybridized carbons (Fsp3) is 0.500. The van der Waals surface area contributed by atoms with E-state index in [0.29, 0.717) is 18.8 Å². The van der Waals surface area contributed by atoms with Crippen molar-refractivity contribution in [1.82, 2.24) is 10.6 Å². The first-order valence-electron chi connectivity index (χ1n) is 6.31. The van der Waals surface area contributed by atoms with Gasteiger partial charge in [-0.05, 0) is 37.0 Å². The zero-order valence-electron chi connectivity index (χ0n) is 11.3. The number of hydrogen-bond acceptors (Lipinski definition) is 3. The van der Waals surface area contributed by atoms with E-state index < -0.39 is 0 Å². The number of carbonyl (C=O) groups excluding carboxylic acids is 1. The van der Waals surface area contributed by atoms with Crippen LogP contribution in [-0.4, -0.2) is 24.1 Å². The van der Waals surface area contributed by atoms with E-state index in [2.05, 4.69) is 10.6 Å². The average molecular weight is 250 g/mol. The van der Waals surface area contributed by atoms with Crippen molar-refractivity contribution < 1.29 is 9.90 Å². The minimum atomic E-state index is 0.0177. The molecule has 1 aromatic rings. The smallest absolute Gasteiger partial charge is 0.233 e. The lowest BCUT2D eigenvalue weighted by Crippen LogP contribution is -2.33. The molecule has 1 amide bonds. The van der Waals surface area contributed by atoms with Gasteiger partial charge in [-0.15, -0.1) is 0 Å². The van der Waals surface area contributed by atoms with Crippen LogP contribution in [-0.2, 0) is 11.3 Å². The molecule has 0 heterocycles. The Balaban J connectivity index is 2.42. The van der Waals surface area contributed by atoms with Crippen LogP contribution in [0, 0.1) is 13.8 Å². The van der Waals surface area contributed by atoms with Gasteiger partial charge in [0.05, 0.1) is 6.54 Å². The second-order valence-corrected chi connectivity index (χ2v) is 4.53. The summed E-state index contributed by atoms with van der Waals surface area (Å²) in [4.78, 5) is 11.4. The average Bonchev–Trinajstić information content (AvgIpc) is 2.33. The number of nitrogens with one attached hydrogen (secondary N) is 2. The molecule has 1 rings (SSSR count). The lowest BCUT2D eigenvalue weighted by Gasteiger charge is -2.09. The number of aryl methyl sites for hydroxylation is 2. The third-order valence-electron chi connectivity index (χ3n) is 2.74. The largest absolute Gasteiger partial charge is 0.507 e. The van der Waals surface area contributed by atoms with E-state index in [-0.39, 0.29) is 5.91 Å². The zero-order chi connectivity index (χ0) is 13.5. The minimum Gasteiger partial charge on any atom is -0.507 e. The van der Waals surface area contributed by atoms with Gasteiger partial charge >= 0.3 is 0 Å². The Bertz CT molecular complexity index is 393. The second kappa shape index (κ2) is 7.01. The Morgan fingerprint density at radius 1 is 1.28 bits per heavy atom. The number of phenols is 1. The summed E-state index contributed by atoms with van der Waals surface area (Å²) in [6, 6.07) is 3.86. The Kier molecular flexibility index (Phi) is 5.65. The number of aromatic hydroxyl groups is 1. The molecule has 1 aromatic carbocycles. The molecule has 0 saturated heterocycles. The molecule has 0 bridgehead atoms. The summed E-state index contributed by atoms with van der Waals surface area (Å²) in [5, 5.41) is 15.6. The Morgan fingerprint density at radius 3 is 2.44 bits per heavy atom. The summed E-state index contributed by atoms with van der Waals surface area (Å²) >= 11 is 0. The Hall–Kier alpha value is -1.55. The van der Waals surface area contributed by atoms with Crippen molar-refractivity contribution in [3.8, 4) is 5.75 Å². The third kappa shape index (κ3) is 4.37. The fourth-order valence-electron chi connectivity index (χ4n) is 1.79. The van der Waals surface area contributed by atoms with Crippen molar-refractivity contribution in [2.24, 2.45) is 0 Å². The standard InChI is InChI=1S/C14H22N2O2/c1-4-5-16-13(17)9-15-8-12-6-10(2)14(18)11(3)7-12/h6-7,15,18H,4-5,8-9H2,1-3H3,(H,16,17). The summed E-state index contributed by atoms with van der Waals surface area (Å²) in [6.45, 7) is 7.44. The molecule has 100 valence electrons. The lowest BCUT2D eigenvalue weighted by atomic mass is 10.1. The monoisotopic (exact) mass is 250 g/mol. The molecule has 0 aliphatic heterocycles. The topological polar surface area (TPSA) is 61.4 Å². The number of carbonyl (C=O) groups is 1. The van der Waals surface area contributed by atoms with E-state index in [1.807, 2.05) is 32.9 Å². The highest BCUT2D eigenvalue weighted by Crippen LogP contribution is 2.22. The van der Waals surface area contributed by atoms with Gasteiger partial charge in [0.2, 0.25) is 5.91 Å². The van der Waals surface area contributed by atoms with Gasteiger partial charge in [-0.1, -0.05) is 19.1 Å². The molecule has 0 unspecified atom stereocenters. The number of rotatable bonds is 6. The Morgan fingerprint density at radius 2 is 1.89 bits per heavy atom. The summed E-state index contributed by atoms with van der Waals surface area (Å²) in [5.41, 5.74) is 2.80. The molecule has 0 spiro atoms. The van der Waals surface area contributed by atoms with Crippen LogP contribution in [0.3, 0.4) is 0 Å². The normalized spacial score (nSPS) is 10.4. The highest BCUT2D eigenvalue weighted by atomic mass is 16.3. The van der Waals surface area contributed by atoms with Crippen molar-refractivity contribution in [1.29, 1.82) is 0 Å². The molecule has 0 aliphatic rings. The highest BCUT2D eigenvalue weighted by Gasteiger charge is 2.04. The maximum absolute atomic E-state index is 11.4. The quantitative estimate of drug-likeness (QED) is 0.719. The molecule has 0 aliphatic carbocycles. The fourth-order valence-corrected chi connectivity index (χ4v) is 1.79. The van der Waals surface area contributed by atoms with Crippen LogP contribution < -0.4 is 10.6 Å². The molecule has 3 N–H and O–H groups in total. The van der Waals surface area contributed by atoms with Crippen LogP contribution >= 0.6 is 0 Å². The van der Waals surface area contributed by atoms with Gasteiger partial charge in [0.25, 0.3) is 0 Å². The molecular formula is C14H22N2O2. The van der Waals surface area contributed by atoms with Crippen molar-refractivity contribution in [2.75, 3.05) is 13.1 Å². The summed E-state index contributed by atoms with van der Waals surface area (Å²) in [6.07, 6.45) is 0.947. The number of benzene rings is 1. The van der Waals surface area contributed by atoms with Crippen molar-refractivity contribution in [3.05, 3.63) is 28.8 Å². The first-order valence-corrected chi connectivity index (χ1v) is 6.31. The molecule has 18 heavy (non-hydrogen) atoms. The first-order chi connectivity index (χ1) is 8.54. The molecular weight excluding hydrogens is 228 g/mol. The second-order valence-electron chi connectivity index (χ2n) is 4.53. The number of amides is 1. The van der Waals surface area contributed by atoms with Gasteiger partial charge < -0.3 is 15.7 Å². The van der Waals surface area contributed by atoms with E-state index in [0.717, 1.165) is 29.7 Å². The van der Waals surface area contributed by atoms with E-state index in [9.17, 15) is 9.90 Å². The molecule has 0 atom stereocenters. The van der Waals surface area contributed by atoms with E-state index in [4.69, 9.17) is 0 Å². The van der Waals surface area contributed by atoms with E-state index >= 15 is 0 Å². The van der Waals surface area contributed by atoms with E-state index in [1.165, 1.54) is 0 Å². The Labute approximate surface area is 108 Å². The zero-order valence-corrected chi connectivity index (χ0v) is 11.3. The van der Waals surface area contributed by atoms with Crippen LogP contribution in [0.2, 0.25) is 0 Å². The summed E-state index contributed by atoms with van der Waals surface area (Å²) in [5.74, 6) is 0.364. The highest BCUT2D eigenvalue weighted by molar-refractivity contribution is 5.77. The predicted octanol–water partition coefficient (Wildman–Crippen LogP) is 1.62. The van der Waals surface area contributed by atoms with E-state index in [1.54, 1.807) is 0 Å². The SMILES string of the molecule is CCCNC(=O)CNCc1cc(C)c(O)c(C)c1. The van der Waals surface area contributed by atoms with Crippen LogP contribution in [0.15, 0.2) is 12.1 Å². The molecule has 4 heteroatoms. The summed E-state index contributed by atoms with van der Waals surface area (Å²) < 4.78 is 0. The molecule has 0 fully saturated rings. The van der Waals surface area contributed by atoms with Crippen LogP contribution in [0.4, 0.5) is 0 Å². The lowest BCUT2D eigenvalue weighted by molar-refractivity contribution is -0.120. The molecule has 0 radical (unpaired) electrons. The van der Waals surface area contributed by atoms with Gasteiger partial charge in [0.15, 0.2) is 0 Å². The molecule has 4 nitrogen and oxygen atoms in total. The van der Waals surface area contributed by atoms with Crippen LogP contribution in [0.25, 0.3) is 0 Å².